The molecule has 0 radical (unpaired) electrons. The van der Waals surface area contributed by atoms with Gasteiger partial charge in [-0.15, -0.1) is 0 Å². The molecule has 0 spiro atoms. The van der Waals surface area contributed by atoms with Crippen LogP contribution in [0.15, 0.2) is 16.7 Å². The molecule has 1 N–H and O–H groups in total. The summed E-state index contributed by atoms with van der Waals surface area (Å²) in [4.78, 5) is 6.62. The van der Waals surface area contributed by atoms with E-state index in [1.54, 1.807) is 0 Å². The Bertz CT molecular complexity index is 336. The van der Waals surface area contributed by atoms with Crippen molar-refractivity contribution in [3.63, 3.8) is 0 Å². The molecule has 0 aliphatic carbocycles. The van der Waals surface area contributed by atoms with Gasteiger partial charge in [0.2, 0.25) is 0 Å². The maximum Gasteiger partial charge on any atom is 0.143 e. The molecular weight excluding hydrogens is 242 g/mol. The zero-order chi connectivity index (χ0) is 10.1. The number of anilines is 1. The Hall–Kier alpha value is -0.610. The Labute approximate surface area is 92.6 Å². The largest absolute Gasteiger partial charge is 0.353 e. The third-order valence-electron chi connectivity index (χ3n) is 2.71. The molecule has 2 rings (SSSR count). The summed E-state index contributed by atoms with van der Waals surface area (Å²) in [6.07, 6.45) is 1.86. The zero-order valence-electron chi connectivity index (χ0n) is 8.42. The highest BCUT2D eigenvalue weighted by Crippen LogP contribution is 2.27. The summed E-state index contributed by atoms with van der Waals surface area (Å²) in [5.74, 6) is 1.04. The van der Waals surface area contributed by atoms with Crippen LogP contribution in [0.3, 0.4) is 0 Å². The number of pyridine rings is 1. The number of nitrogens with one attached hydrogen (secondary N) is 1. The predicted octanol–water partition coefficient (Wildman–Crippen LogP) is 1.56. The fourth-order valence-corrected chi connectivity index (χ4v) is 2.01. The minimum atomic E-state index is 0.584. The molecule has 76 valence electrons. The van der Waals surface area contributed by atoms with Gasteiger partial charge in [-0.05, 0) is 34.5 Å². The maximum absolute atomic E-state index is 4.39. The van der Waals surface area contributed by atoms with E-state index in [9.17, 15) is 0 Å². The van der Waals surface area contributed by atoms with Gasteiger partial charge >= 0.3 is 0 Å². The number of nitrogens with zero attached hydrogens (tertiary/aromatic N) is 2. The number of aryl methyl sites for hydroxylation is 1. The van der Waals surface area contributed by atoms with Crippen LogP contribution in [0.4, 0.5) is 5.82 Å². The molecule has 4 heteroatoms. The van der Waals surface area contributed by atoms with Crippen molar-refractivity contribution >= 4 is 21.7 Å². The average Bonchev–Trinajstić information content (AvgIpc) is 2.06. The number of hydrogen-bond donors (Lipinski definition) is 1. The summed E-state index contributed by atoms with van der Waals surface area (Å²) in [5, 5.41) is 3.26. The Morgan fingerprint density at radius 2 is 2.29 bits per heavy atom. The molecule has 1 aliphatic rings. The molecule has 1 aliphatic heterocycles. The number of hydrogen-bond acceptors (Lipinski definition) is 3. The van der Waals surface area contributed by atoms with Crippen molar-refractivity contribution in [2.75, 3.05) is 25.0 Å². The lowest BCUT2D eigenvalue weighted by atomic mass is 10.1. The smallest absolute Gasteiger partial charge is 0.143 e. The molecule has 0 saturated carbocycles. The van der Waals surface area contributed by atoms with Gasteiger partial charge in [-0.3, -0.25) is 0 Å². The molecule has 1 fully saturated rings. The topological polar surface area (TPSA) is 28.2 Å². The molecule has 1 saturated heterocycles. The molecule has 14 heavy (non-hydrogen) atoms. The van der Waals surface area contributed by atoms with Crippen LogP contribution in [0.1, 0.15) is 5.56 Å². The number of aromatic nitrogens is 1. The van der Waals surface area contributed by atoms with Crippen molar-refractivity contribution in [1.82, 2.24) is 10.3 Å². The fraction of sp³-hybridized carbons (Fsp3) is 0.500. The highest BCUT2D eigenvalue weighted by molar-refractivity contribution is 9.10. The molecule has 0 atom stereocenters. The Morgan fingerprint density at radius 1 is 1.57 bits per heavy atom. The van der Waals surface area contributed by atoms with Crippen molar-refractivity contribution in [3.8, 4) is 0 Å². The van der Waals surface area contributed by atoms with Crippen molar-refractivity contribution in [2.24, 2.45) is 0 Å². The molecule has 0 bridgehead atoms. The second-order valence-corrected chi connectivity index (χ2v) is 4.48. The van der Waals surface area contributed by atoms with Crippen molar-refractivity contribution in [2.45, 2.75) is 13.0 Å². The van der Waals surface area contributed by atoms with Gasteiger partial charge in [0.05, 0.1) is 10.5 Å². The van der Waals surface area contributed by atoms with E-state index in [1.165, 1.54) is 5.56 Å². The van der Waals surface area contributed by atoms with Crippen LogP contribution in [0.25, 0.3) is 0 Å². The van der Waals surface area contributed by atoms with Crippen molar-refractivity contribution in [3.05, 3.63) is 22.3 Å². The quantitative estimate of drug-likeness (QED) is 0.870. The minimum Gasteiger partial charge on any atom is -0.353 e. The van der Waals surface area contributed by atoms with Crippen LogP contribution in [0.5, 0.6) is 0 Å². The molecule has 1 aromatic heterocycles. The van der Waals surface area contributed by atoms with E-state index in [2.05, 4.69) is 45.1 Å². The van der Waals surface area contributed by atoms with Crippen LogP contribution in [-0.2, 0) is 0 Å². The van der Waals surface area contributed by atoms with E-state index in [4.69, 9.17) is 0 Å². The fourth-order valence-electron chi connectivity index (χ4n) is 1.49. The van der Waals surface area contributed by atoms with Gasteiger partial charge in [-0.1, -0.05) is 0 Å². The Balaban J connectivity index is 2.26. The lowest BCUT2D eigenvalue weighted by Crippen LogP contribution is -2.56. The Kier molecular flexibility index (Phi) is 2.74. The standard InChI is InChI=1S/C10H14BrN3/c1-7-3-4-13-10(9(7)11)14(2)8-5-12-6-8/h3-4,8,12H,5-6H2,1-2H3. The predicted molar refractivity (Wildman–Crippen MR) is 61.7 cm³/mol. The van der Waals surface area contributed by atoms with Crippen molar-refractivity contribution < 1.29 is 0 Å². The molecule has 1 aromatic rings. The zero-order valence-corrected chi connectivity index (χ0v) is 10.0. The van der Waals surface area contributed by atoms with Crippen LogP contribution in [0.2, 0.25) is 0 Å². The number of rotatable bonds is 2. The molecule has 3 nitrogen and oxygen atoms in total. The first-order valence-electron chi connectivity index (χ1n) is 4.75. The summed E-state index contributed by atoms with van der Waals surface area (Å²) in [7, 11) is 2.10. The third kappa shape index (κ3) is 1.64. The van der Waals surface area contributed by atoms with E-state index in [0.29, 0.717) is 6.04 Å². The van der Waals surface area contributed by atoms with Crippen LogP contribution < -0.4 is 10.2 Å². The first-order valence-corrected chi connectivity index (χ1v) is 5.54. The first kappa shape index (κ1) is 9.93. The number of halogens is 1. The molecule has 0 aromatic carbocycles. The minimum absolute atomic E-state index is 0.584. The van der Waals surface area contributed by atoms with Gasteiger partial charge < -0.3 is 10.2 Å². The molecular formula is C10H14BrN3. The van der Waals surface area contributed by atoms with Crippen LogP contribution in [-0.4, -0.2) is 31.2 Å². The normalized spacial score (nSPS) is 16.5. The van der Waals surface area contributed by atoms with Gasteiger partial charge in [-0.25, -0.2) is 4.98 Å². The van der Waals surface area contributed by atoms with Gasteiger partial charge in [0.15, 0.2) is 0 Å². The lowest BCUT2D eigenvalue weighted by molar-refractivity contribution is 0.426. The summed E-state index contributed by atoms with van der Waals surface area (Å²) in [5.41, 5.74) is 1.23. The number of likely N-dealkylation sites (N-methyl/N-ethyl adjacent to an activating group) is 1. The van der Waals surface area contributed by atoms with E-state index < -0.39 is 0 Å². The van der Waals surface area contributed by atoms with E-state index >= 15 is 0 Å². The van der Waals surface area contributed by atoms with Gasteiger partial charge in [-0.2, -0.15) is 0 Å². The molecule has 0 unspecified atom stereocenters. The third-order valence-corrected chi connectivity index (χ3v) is 3.69. The van der Waals surface area contributed by atoms with E-state index in [-0.39, 0.29) is 0 Å². The molecule has 0 amide bonds. The van der Waals surface area contributed by atoms with Crippen LogP contribution >= 0.6 is 15.9 Å². The SMILES string of the molecule is Cc1ccnc(N(C)C2CNC2)c1Br. The van der Waals surface area contributed by atoms with E-state index in [1.807, 2.05) is 12.3 Å². The second-order valence-electron chi connectivity index (χ2n) is 3.69. The van der Waals surface area contributed by atoms with Gasteiger partial charge in [0, 0.05) is 26.3 Å². The van der Waals surface area contributed by atoms with Gasteiger partial charge in [0.25, 0.3) is 0 Å². The van der Waals surface area contributed by atoms with Crippen LogP contribution in [0, 0.1) is 6.92 Å². The highest BCUT2D eigenvalue weighted by atomic mass is 79.9. The van der Waals surface area contributed by atoms with E-state index in [0.717, 1.165) is 23.4 Å². The summed E-state index contributed by atoms with van der Waals surface area (Å²) >= 11 is 3.58. The Morgan fingerprint density at radius 3 is 2.86 bits per heavy atom. The van der Waals surface area contributed by atoms with Gasteiger partial charge in [0.1, 0.15) is 5.82 Å². The summed E-state index contributed by atoms with van der Waals surface area (Å²) in [6, 6.07) is 2.60. The first-order chi connectivity index (χ1) is 6.70. The second kappa shape index (κ2) is 3.87. The average molecular weight is 256 g/mol. The lowest BCUT2D eigenvalue weighted by Gasteiger charge is -2.36. The van der Waals surface area contributed by atoms with Crippen molar-refractivity contribution in [1.29, 1.82) is 0 Å². The summed E-state index contributed by atoms with van der Waals surface area (Å²) in [6.45, 7) is 4.19. The maximum atomic E-state index is 4.39. The highest BCUT2D eigenvalue weighted by Gasteiger charge is 2.23. The molecule has 2 heterocycles. The monoisotopic (exact) mass is 255 g/mol. The summed E-state index contributed by atoms with van der Waals surface area (Å²) < 4.78 is 1.11.